The minimum Gasteiger partial charge on any atom is -0.463 e. The van der Waals surface area contributed by atoms with Gasteiger partial charge in [0.1, 0.15) is 31.5 Å². The summed E-state index contributed by atoms with van der Waals surface area (Å²) in [7, 11) is 0. The van der Waals surface area contributed by atoms with Crippen LogP contribution in [0.3, 0.4) is 0 Å². The van der Waals surface area contributed by atoms with Crippen LogP contribution < -0.4 is 0 Å². The fraction of sp³-hybridized carbons (Fsp3) is 0.700. The number of carbonyl (C=O) groups excluding carboxylic acids is 7. The molecule has 2 aliphatic heterocycles. The van der Waals surface area contributed by atoms with Crippen molar-refractivity contribution in [1.82, 2.24) is 0 Å². The molecule has 0 aromatic carbocycles. The largest absolute Gasteiger partial charge is 0.463 e. The van der Waals surface area contributed by atoms with Crippen molar-refractivity contribution in [3.63, 3.8) is 0 Å². The molecule has 2 heterocycles. The summed E-state index contributed by atoms with van der Waals surface area (Å²) in [6.45, 7) is 10.4. The quantitative estimate of drug-likeness (QED) is 0.140. The lowest BCUT2D eigenvalue weighted by Gasteiger charge is -2.49. The Morgan fingerprint density at radius 2 is 0.894 bits per heavy atom. The van der Waals surface area contributed by atoms with Gasteiger partial charge in [-0.15, -0.1) is 6.58 Å². The lowest BCUT2D eigenvalue weighted by Crippen LogP contribution is -2.67. The summed E-state index contributed by atoms with van der Waals surface area (Å²) in [5.74, 6) is -5.57. The van der Waals surface area contributed by atoms with E-state index in [1.165, 1.54) is 0 Å². The van der Waals surface area contributed by atoms with Crippen molar-refractivity contribution in [2.75, 3.05) is 13.2 Å². The molecule has 47 heavy (non-hydrogen) atoms. The molecule has 2 aliphatic rings. The minimum atomic E-state index is -1.73. The third-order valence-electron chi connectivity index (χ3n) is 6.68. The zero-order valence-electron chi connectivity index (χ0n) is 27.3. The van der Waals surface area contributed by atoms with Gasteiger partial charge in [0.05, 0.1) is 6.10 Å². The second-order valence-corrected chi connectivity index (χ2v) is 10.7. The first kappa shape index (κ1) is 39.1. The van der Waals surface area contributed by atoms with Crippen molar-refractivity contribution in [2.24, 2.45) is 0 Å². The number of ether oxygens (including phenoxy) is 10. The van der Waals surface area contributed by atoms with Crippen LogP contribution in [-0.4, -0.2) is 116 Å². The zero-order valence-corrected chi connectivity index (χ0v) is 27.3. The summed E-state index contributed by atoms with van der Waals surface area (Å²) in [4.78, 5) is 84.7. The van der Waals surface area contributed by atoms with Crippen molar-refractivity contribution in [3.05, 3.63) is 12.7 Å². The predicted octanol–water partition coefficient (Wildman–Crippen LogP) is 0.615. The average molecular weight is 675 g/mol. The number of hydrogen-bond acceptors (Lipinski definition) is 17. The van der Waals surface area contributed by atoms with Crippen LogP contribution in [0.1, 0.15) is 61.3 Å². The second kappa shape index (κ2) is 18.3. The molecule has 264 valence electrons. The van der Waals surface area contributed by atoms with Gasteiger partial charge in [0.25, 0.3) is 0 Å². The highest BCUT2D eigenvalue weighted by molar-refractivity contribution is 5.69. The van der Waals surface area contributed by atoms with E-state index in [1.807, 2.05) is 0 Å². The van der Waals surface area contributed by atoms with E-state index in [0.29, 0.717) is 6.42 Å². The maximum atomic E-state index is 12.4. The highest BCUT2D eigenvalue weighted by Gasteiger charge is 2.57. The summed E-state index contributed by atoms with van der Waals surface area (Å²) < 4.78 is 56.3. The van der Waals surface area contributed by atoms with Gasteiger partial charge >= 0.3 is 41.8 Å². The zero-order chi connectivity index (χ0) is 35.4. The monoisotopic (exact) mass is 674 g/mol. The van der Waals surface area contributed by atoms with E-state index >= 15 is 0 Å². The van der Waals surface area contributed by atoms with Crippen molar-refractivity contribution >= 4 is 41.8 Å². The molecular weight excluding hydrogens is 632 g/mol. The molecule has 2 fully saturated rings. The van der Waals surface area contributed by atoms with Gasteiger partial charge in [-0.05, 0) is 12.8 Å². The maximum Gasteiger partial charge on any atom is 0.303 e. The Morgan fingerprint density at radius 3 is 1.32 bits per heavy atom. The average Bonchev–Trinajstić information content (AvgIpc) is 2.94. The Morgan fingerprint density at radius 1 is 0.511 bits per heavy atom. The standard InChI is InChI=1S/C30H42O17/c1-9-10-11-21-24(40-16(4)33)27(42-18(6)35)26(22(45-21)12-38-14(2)31)47-30-29(44-20(8)37)28(43-19(7)36)25(41-17(5)34)23(46-30)13-39-15(3)32/h9,21-30H,1,10-13H2,2-8H3/t21-,22+,23+,24-,25+,26+,27+,28-,29+,30-/m0/s1. The Bertz CT molecular complexity index is 1170. The molecular formula is C30H42O17. The normalized spacial score (nSPS) is 30.1. The highest BCUT2D eigenvalue weighted by atomic mass is 16.8. The van der Waals surface area contributed by atoms with Crippen molar-refractivity contribution < 1.29 is 80.9 Å². The summed E-state index contributed by atoms with van der Waals surface area (Å²) in [5.41, 5.74) is 0. The van der Waals surface area contributed by atoms with Gasteiger partial charge in [-0.3, -0.25) is 33.6 Å². The van der Waals surface area contributed by atoms with Crippen LogP contribution in [0, 0.1) is 0 Å². The van der Waals surface area contributed by atoms with E-state index in [0.717, 1.165) is 48.5 Å². The molecule has 10 atom stereocenters. The molecule has 0 aromatic heterocycles. The van der Waals surface area contributed by atoms with E-state index in [4.69, 9.17) is 47.4 Å². The molecule has 2 saturated heterocycles. The van der Waals surface area contributed by atoms with Crippen LogP contribution in [0.25, 0.3) is 0 Å². The first-order valence-corrected chi connectivity index (χ1v) is 14.7. The van der Waals surface area contributed by atoms with Gasteiger partial charge in [-0.1, -0.05) is 6.08 Å². The molecule has 0 N–H and O–H groups in total. The van der Waals surface area contributed by atoms with Crippen molar-refractivity contribution in [1.29, 1.82) is 0 Å². The van der Waals surface area contributed by atoms with Gasteiger partial charge in [0.2, 0.25) is 0 Å². The van der Waals surface area contributed by atoms with Crippen molar-refractivity contribution in [3.8, 4) is 0 Å². The summed E-state index contributed by atoms with van der Waals surface area (Å²) in [6, 6.07) is 0. The molecule has 0 aliphatic carbocycles. The Kier molecular flexibility index (Phi) is 15.2. The van der Waals surface area contributed by atoms with E-state index in [1.54, 1.807) is 6.08 Å². The van der Waals surface area contributed by atoms with Crippen LogP contribution in [-0.2, 0) is 80.9 Å². The second-order valence-electron chi connectivity index (χ2n) is 10.7. The molecule has 0 aromatic rings. The molecule has 17 heteroatoms. The van der Waals surface area contributed by atoms with E-state index in [9.17, 15) is 33.6 Å². The highest BCUT2D eigenvalue weighted by Crippen LogP contribution is 2.36. The summed E-state index contributed by atoms with van der Waals surface area (Å²) >= 11 is 0. The maximum absolute atomic E-state index is 12.4. The molecule has 17 nitrogen and oxygen atoms in total. The van der Waals surface area contributed by atoms with E-state index in [-0.39, 0.29) is 6.42 Å². The topological polar surface area (TPSA) is 212 Å². The molecule has 0 spiro atoms. The minimum absolute atomic E-state index is 0.238. The third-order valence-corrected chi connectivity index (χ3v) is 6.68. The van der Waals surface area contributed by atoms with Crippen LogP contribution >= 0.6 is 0 Å². The Hall–Kier alpha value is -4.09. The molecule has 0 amide bonds. The van der Waals surface area contributed by atoms with E-state index < -0.39 is 116 Å². The first-order valence-electron chi connectivity index (χ1n) is 14.7. The fourth-order valence-corrected chi connectivity index (χ4v) is 5.12. The predicted molar refractivity (Wildman–Crippen MR) is 153 cm³/mol. The lowest BCUT2D eigenvalue weighted by atomic mass is 9.91. The Labute approximate surface area is 271 Å². The van der Waals surface area contributed by atoms with Crippen LogP contribution in [0.4, 0.5) is 0 Å². The van der Waals surface area contributed by atoms with Gasteiger partial charge < -0.3 is 47.4 Å². The van der Waals surface area contributed by atoms with Gasteiger partial charge in [-0.2, -0.15) is 0 Å². The van der Waals surface area contributed by atoms with Gasteiger partial charge in [-0.25, -0.2) is 0 Å². The SMILES string of the molecule is C=CCC[C@@H]1O[C@H](COC(C)=O)[C@@H](O[C@@H]2O[C@H](COC(C)=O)[C@@H](OC(C)=O)[C@H](OC(C)=O)[C@H]2OC(C)=O)[C@H](OC(C)=O)[C@H]1OC(C)=O. The summed E-state index contributed by atoms with van der Waals surface area (Å²) in [5, 5.41) is 0. The molecule has 0 radical (unpaired) electrons. The molecule has 0 unspecified atom stereocenters. The molecule has 2 rings (SSSR count). The van der Waals surface area contributed by atoms with E-state index in [2.05, 4.69) is 6.58 Å². The number of esters is 7. The van der Waals surface area contributed by atoms with Crippen LogP contribution in [0.2, 0.25) is 0 Å². The fourth-order valence-electron chi connectivity index (χ4n) is 5.12. The smallest absolute Gasteiger partial charge is 0.303 e. The first-order chi connectivity index (χ1) is 22.0. The van der Waals surface area contributed by atoms with Crippen LogP contribution in [0.5, 0.6) is 0 Å². The number of allylic oxidation sites excluding steroid dienone is 1. The number of hydrogen-bond donors (Lipinski definition) is 0. The van der Waals surface area contributed by atoms with Gasteiger partial charge in [0.15, 0.2) is 36.8 Å². The number of rotatable bonds is 14. The lowest BCUT2D eigenvalue weighted by molar-refractivity contribution is -0.345. The molecule has 0 saturated carbocycles. The summed E-state index contributed by atoms with van der Waals surface area (Å²) in [6.07, 6.45) is -11.8. The third kappa shape index (κ3) is 12.2. The molecule has 0 bridgehead atoms. The number of carbonyl (C=O) groups is 7. The van der Waals surface area contributed by atoms with Crippen LogP contribution in [0.15, 0.2) is 12.7 Å². The van der Waals surface area contributed by atoms with Crippen molar-refractivity contribution in [2.45, 2.75) is 123 Å². The van der Waals surface area contributed by atoms with Gasteiger partial charge in [0, 0.05) is 48.5 Å². The Balaban J connectivity index is 2.72.